The summed E-state index contributed by atoms with van der Waals surface area (Å²) in [5.41, 5.74) is 4.02. The van der Waals surface area contributed by atoms with E-state index in [2.05, 4.69) is 46.6 Å². The van der Waals surface area contributed by atoms with Gasteiger partial charge >= 0.3 is 11.9 Å². The van der Waals surface area contributed by atoms with E-state index in [1.807, 2.05) is 30.3 Å². The maximum atomic E-state index is 13.0. The molecule has 56 heavy (non-hydrogen) atoms. The van der Waals surface area contributed by atoms with Crippen molar-refractivity contribution in [1.82, 2.24) is 9.21 Å². The van der Waals surface area contributed by atoms with Crippen LogP contribution in [0.2, 0.25) is 5.02 Å². The van der Waals surface area contributed by atoms with E-state index in [0.717, 1.165) is 64.0 Å². The largest absolute Gasteiger partial charge is 0.475 e. The first kappa shape index (κ1) is 39.8. The molecule has 17 heteroatoms. The number of halogens is 4. The highest BCUT2D eigenvalue weighted by Crippen LogP contribution is 2.38. The van der Waals surface area contributed by atoms with Gasteiger partial charge in [-0.2, -0.15) is 4.31 Å². The van der Waals surface area contributed by atoms with Gasteiger partial charge in [0.1, 0.15) is 17.0 Å². The van der Waals surface area contributed by atoms with Crippen LogP contribution in [-0.2, 0) is 16.6 Å². The quantitative estimate of drug-likeness (QED) is 0.152. The smallest absolute Gasteiger partial charge is 0.371 e. The van der Waals surface area contributed by atoms with Crippen LogP contribution in [0.3, 0.4) is 0 Å². The highest BCUT2D eigenvalue weighted by atomic mass is 79.9. The van der Waals surface area contributed by atoms with Crippen molar-refractivity contribution in [2.24, 2.45) is 0 Å². The molecular weight excluding hydrogens is 899 g/mol. The summed E-state index contributed by atoms with van der Waals surface area (Å²) in [4.78, 5) is 29.2. The van der Waals surface area contributed by atoms with E-state index in [1.165, 1.54) is 34.6 Å². The van der Waals surface area contributed by atoms with Crippen LogP contribution in [0, 0.1) is 5.82 Å². The lowest BCUT2D eigenvalue weighted by molar-refractivity contribution is 0.0655. The Morgan fingerprint density at radius 3 is 1.61 bits per heavy atom. The molecule has 2 fully saturated rings. The van der Waals surface area contributed by atoms with Gasteiger partial charge in [-0.15, -0.1) is 0 Å². The number of anilines is 2. The molecule has 4 aromatic carbocycles. The second-order valence-electron chi connectivity index (χ2n) is 13.2. The molecule has 6 aromatic rings. The summed E-state index contributed by atoms with van der Waals surface area (Å²) in [5, 5.41) is 20.1. The van der Waals surface area contributed by atoms with Gasteiger partial charge < -0.3 is 28.8 Å². The Morgan fingerprint density at radius 1 is 0.679 bits per heavy atom. The Hall–Kier alpha value is -4.45. The molecular formula is C39H34Br2ClFN4O8S. The third kappa shape index (κ3) is 8.45. The lowest BCUT2D eigenvalue weighted by Gasteiger charge is -2.36. The van der Waals surface area contributed by atoms with Crippen molar-refractivity contribution in [3.63, 3.8) is 0 Å². The zero-order valence-electron chi connectivity index (χ0n) is 29.5. The average molecular weight is 933 g/mol. The molecule has 2 saturated heterocycles. The zero-order valence-corrected chi connectivity index (χ0v) is 34.2. The van der Waals surface area contributed by atoms with Gasteiger partial charge in [0, 0.05) is 86.8 Å². The third-order valence-corrected chi connectivity index (χ3v) is 13.5. The van der Waals surface area contributed by atoms with E-state index in [4.69, 9.17) is 30.6 Å². The maximum absolute atomic E-state index is 13.0. The van der Waals surface area contributed by atoms with Crippen molar-refractivity contribution in [3.05, 3.63) is 122 Å². The number of carbonyl (C=O) groups is 2. The van der Waals surface area contributed by atoms with Gasteiger partial charge in [0.25, 0.3) is 0 Å². The Morgan fingerprint density at radius 2 is 1.14 bits per heavy atom. The monoisotopic (exact) mass is 930 g/mol. The van der Waals surface area contributed by atoms with E-state index >= 15 is 0 Å². The third-order valence-electron chi connectivity index (χ3n) is 9.71. The van der Waals surface area contributed by atoms with Gasteiger partial charge in [0.15, 0.2) is 0 Å². The molecule has 2 aromatic heterocycles. The van der Waals surface area contributed by atoms with Crippen LogP contribution in [0.1, 0.15) is 26.7 Å². The summed E-state index contributed by atoms with van der Waals surface area (Å²) in [5.74, 6) is -2.61. The van der Waals surface area contributed by atoms with Crippen LogP contribution >= 0.6 is 43.5 Å². The summed E-state index contributed by atoms with van der Waals surface area (Å²) < 4.78 is 52.4. The first-order valence-electron chi connectivity index (χ1n) is 17.4. The summed E-state index contributed by atoms with van der Waals surface area (Å²) in [6, 6.07) is 23.1. The second kappa shape index (κ2) is 16.6. The number of fused-ring (bicyclic) bond motifs is 2. The van der Waals surface area contributed by atoms with Crippen molar-refractivity contribution in [3.8, 4) is 0 Å². The number of carboxylic acid groups (broad SMARTS) is 2. The summed E-state index contributed by atoms with van der Waals surface area (Å²) >= 11 is 13.0. The highest BCUT2D eigenvalue weighted by molar-refractivity contribution is 9.11. The first-order chi connectivity index (χ1) is 26.8. The molecule has 0 amide bonds. The number of carboxylic acids is 2. The van der Waals surface area contributed by atoms with Crippen molar-refractivity contribution < 1.29 is 41.4 Å². The topological polar surface area (TPSA) is 148 Å². The molecule has 2 N–H and O–H groups in total. The van der Waals surface area contributed by atoms with Crippen LogP contribution in [0.15, 0.2) is 108 Å². The molecule has 0 saturated carbocycles. The van der Waals surface area contributed by atoms with Crippen LogP contribution in [-0.4, -0.2) is 92.1 Å². The molecule has 0 bridgehead atoms. The van der Waals surface area contributed by atoms with Crippen LogP contribution < -0.4 is 9.80 Å². The number of rotatable bonds is 8. The predicted molar refractivity (Wildman–Crippen MR) is 218 cm³/mol. The summed E-state index contributed by atoms with van der Waals surface area (Å²) in [7, 11) is -3.58. The second-order valence-corrected chi connectivity index (χ2v) is 17.1. The summed E-state index contributed by atoms with van der Waals surface area (Å²) in [6.07, 6.45) is 0. The molecule has 0 radical (unpaired) electrons. The Bertz CT molecular complexity index is 2520. The van der Waals surface area contributed by atoms with Crippen molar-refractivity contribution >= 4 is 98.7 Å². The normalized spacial score (nSPS) is 15.6. The van der Waals surface area contributed by atoms with Gasteiger partial charge in [-0.3, -0.25) is 4.90 Å². The van der Waals surface area contributed by atoms with Crippen LogP contribution in [0.4, 0.5) is 15.8 Å². The number of aromatic carboxylic acids is 2. The van der Waals surface area contributed by atoms with Gasteiger partial charge in [-0.25, -0.2) is 22.4 Å². The molecule has 2 aliphatic rings. The number of hydrogen-bond acceptors (Lipinski definition) is 9. The predicted octanol–water partition coefficient (Wildman–Crippen LogP) is 8.41. The lowest BCUT2D eigenvalue weighted by atomic mass is 10.1. The van der Waals surface area contributed by atoms with E-state index < -0.39 is 22.0 Å². The molecule has 12 nitrogen and oxygen atoms in total. The number of piperazine rings is 2. The van der Waals surface area contributed by atoms with Gasteiger partial charge in [0.2, 0.25) is 21.5 Å². The Balaban J connectivity index is 0.000000172. The summed E-state index contributed by atoms with van der Waals surface area (Å²) in [6.45, 7) is 5.98. The number of hydrogen-bond donors (Lipinski definition) is 2. The number of nitrogens with zero attached hydrogens (tertiary/aromatic N) is 4. The molecule has 0 atom stereocenters. The minimum Gasteiger partial charge on any atom is -0.475 e. The van der Waals surface area contributed by atoms with Crippen LogP contribution in [0.5, 0.6) is 0 Å². The zero-order chi connectivity index (χ0) is 39.7. The highest BCUT2D eigenvalue weighted by Gasteiger charge is 2.30. The van der Waals surface area contributed by atoms with Crippen molar-refractivity contribution in [2.45, 2.75) is 11.4 Å². The van der Waals surface area contributed by atoms with Gasteiger partial charge in [-0.05, 0) is 98.1 Å². The maximum Gasteiger partial charge on any atom is 0.371 e. The average Bonchev–Trinajstić information content (AvgIpc) is 3.84. The SMILES string of the molecule is O=C(O)c1cc2c(Br)c(N3CCN(Cc4ccc(F)cc4)CC3)ccc2o1.O=C(O)c1cc2c(Br)c(N3CCN(S(=O)(=O)c4ccc(Cl)cc4)CC3)ccc2o1. The lowest BCUT2D eigenvalue weighted by Crippen LogP contribution is -2.48. The van der Waals surface area contributed by atoms with Gasteiger partial charge in [-0.1, -0.05) is 23.7 Å². The van der Waals surface area contributed by atoms with E-state index in [9.17, 15) is 22.4 Å². The van der Waals surface area contributed by atoms with E-state index in [0.29, 0.717) is 47.8 Å². The minimum absolute atomic E-state index is 0.0630. The van der Waals surface area contributed by atoms with Crippen molar-refractivity contribution in [2.75, 3.05) is 62.2 Å². The fourth-order valence-corrected chi connectivity index (χ4v) is 9.69. The van der Waals surface area contributed by atoms with E-state index in [1.54, 1.807) is 24.3 Å². The molecule has 0 unspecified atom stereocenters. The molecule has 292 valence electrons. The molecule has 8 rings (SSSR count). The number of benzene rings is 4. The first-order valence-corrected chi connectivity index (χ1v) is 20.8. The molecule has 2 aliphatic heterocycles. The fraction of sp³-hybridized carbons (Fsp3) is 0.231. The number of sulfonamides is 1. The molecule has 4 heterocycles. The Kier molecular flexibility index (Phi) is 11.8. The van der Waals surface area contributed by atoms with Crippen LogP contribution in [0.25, 0.3) is 21.9 Å². The van der Waals surface area contributed by atoms with E-state index in [-0.39, 0.29) is 22.2 Å². The van der Waals surface area contributed by atoms with Crippen molar-refractivity contribution in [1.29, 1.82) is 0 Å². The molecule has 0 aliphatic carbocycles. The number of furan rings is 2. The van der Waals surface area contributed by atoms with Gasteiger partial charge in [0.05, 0.1) is 25.2 Å². The standard InChI is InChI=1S/C20H18BrFN2O3.C19H16BrClN2O5S/c21-19-15-11-18(20(25)26)27-17(15)6-5-16(19)24-9-7-23(8-10-24)12-13-1-3-14(22)4-2-13;20-18-14-11-17(19(24)25)28-16(14)6-5-15(18)22-7-9-23(10-8-22)29(26,27)13-3-1-12(21)2-4-13/h1-6,11H,7-10,12H2,(H,25,26);1-6,11H,7-10H2,(H,24,25). The Labute approximate surface area is 342 Å². The fourth-order valence-electron chi connectivity index (χ4n) is 6.75. The molecule has 0 spiro atoms. The minimum atomic E-state index is -3.58.